The van der Waals surface area contributed by atoms with Crippen LogP contribution in [0.2, 0.25) is 0 Å². The molecule has 70 valence electrons. The molecule has 2 aliphatic carbocycles. The second-order valence-electron chi connectivity index (χ2n) is 2.64. The minimum atomic E-state index is 0. The molecule has 13 heavy (non-hydrogen) atoms. The Labute approximate surface area is 90.9 Å². The zero-order valence-electron chi connectivity index (χ0n) is 7.59. The summed E-state index contributed by atoms with van der Waals surface area (Å²) in [7, 11) is 0. The first-order valence-electron chi connectivity index (χ1n) is 4.24. The SMILES string of the molecule is C1=CCC=C1.C=CC1=CCC=C1.[Fe]. The van der Waals surface area contributed by atoms with E-state index in [-0.39, 0.29) is 17.1 Å². The monoisotopic (exact) mass is 214 g/mol. The molecule has 2 aliphatic rings. The van der Waals surface area contributed by atoms with Gasteiger partial charge in [0.1, 0.15) is 0 Å². The van der Waals surface area contributed by atoms with Crippen LogP contribution in [0.1, 0.15) is 12.8 Å². The molecule has 1 heteroatoms. The summed E-state index contributed by atoms with van der Waals surface area (Å²) in [5.41, 5.74) is 1.25. The summed E-state index contributed by atoms with van der Waals surface area (Å²) in [6.45, 7) is 3.62. The third-order valence-corrected chi connectivity index (χ3v) is 1.69. The third-order valence-electron chi connectivity index (χ3n) is 1.69. The van der Waals surface area contributed by atoms with Gasteiger partial charge in [0.25, 0.3) is 0 Å². The summed E-state index contributed by atoms with van der Waals surface area (Å²) in [5.74, 6) is 0. The molecule has 0 nitrogen and oxygen atoms in total. The molecule has 0 aromatic carbocycles. The zero-order chi connectivity index (χ0) is 8.65. The van der Waals surface area contributed by atoms with Crippen LogP contribution in [0.4, 0.5) is 0 Å². The van der Waals surface area contributed by atoms with Crippen LogP contribution in [-0.2, 0) is 17.1 Å². The first kappa shape index (κ1) is 12.2. The van der Waals surface area contributed by atoms with Gasteiger partial charge in [-0.15, -0.1) is 0 Å². The molecule has 0 spiro atoms. The fourth-order valence-electron chi connectivity index (χ4n) is 1.02. The van der Waals surface area contributed by atoms with Gasteiger partial charge in [-0.3, -0.25) is 0 Å². The van der Waals surface area contributed by atoms with E-state index in [2.05, 4.69) is 49.1 Å². The molecule has 0 unspecified atom stereocenters. The molecule has 0 bridgehead atoms. The maximum atomic E-state index is 3.62. The normalized spacial score (nSPS) is 15.8. The van der Waals surface area contributed by atoms with Crippen molar-refractivity contribution in [1.82, 2.24) is 0 Å². The number of hydrogen-bond acceptors (Lipinski definition) is 0. The topological polar surface area (TPSA) is 0 Å². The Morgan fingerprint density at radius 3 is 2.00 bits per heavy atom. The molecule has 0 fully saturated rings. The van der Waals surface area contributed by atoms with Gasteiger partial charge in [-0.2, -0.15) is 0 Å². The van der Waals surface area contributed by atoms with Gasteiger partial charge in [-0.1, -0.05) is 55.2 Å². The summed E-state index contributed by atoms with van der Waals surface area (Å²) < 4.78 is 0. The summed E-state index contributed by atoms with van der Waals surface area (Å²) in [6.07, 6.45) is 18.8. The van der Waals surface area contributed by atoms with Gasteiger partial charge in [-0.25, -0.2) is 0 Å². The zero-order valence-corrected chi connectivity index (χ0v) is 8.70. The molecule has 0 aliphatic heterocycles. The van der Waals surface area contributed by atoms with E-state index in [1.165, 1.54) is 5.57 Å². The molecule has 0 amide bonds. The average Bonchev–Trinajstić information content (AvgIpc) is 2.81. The predicted octanol–water partition coefficient (Wildman–Crippen LogP) is 3.56. The second-order valence-corrected chi connectivity index (χ2v) is 2.64. The van der Waals surface area contributed by atoms with Crippen molar-refractivity contribution >= 4 is 0 Å². The Morgan fingerprint density at radius 2 is 1.77 bits per heavy atom. The van der Waals surface area contributed by atoms with E-state index in [4.69, 9.17) is 0 Å². The first-order valence-corrected chi connectivity index (χ1v) is 4.24. The standard InChI is InChI=1S/C7H8.C5H6.Fe/c1-2-7-5-3-4-6-7;1-2-4-5-3-1;/h2-3,5-6H,1,4H2;1-4H,5H2;. The second kappa shape index (κ2) is 7.85. The van der Waals surface area contributed by atoms with Crippen molar-refractivity contribution in [3.8, 4) is 0 Å². The summed E-state index contributed by atoms with van der Waals surface area (Å²) >= 11 is 0. The fraction of sp³-hybridized carbons (Fsp3) is 0.167. The van der Waals surface area contributed by atoms with E-state index in [0.717, 1.165) is 12.8 Å². The van der Waals surface area contributed by atoms with Crippen molar-refractivity contribution < 1.29 is 17.1 Å². The smallest absolute Gasteiger partial charge is 0 e. The third kappa shape index (κ3) is 5.46. The summed E-state index contributed by atoms with van der Waals surface area (Å²) in [5, 5.41) is 0. The molecule has 0 N–H and O–H groups in total. The van der Waals surface area contributed by atoms with Gasteiger partial charge in [-0.05, 0) is 18.4 Å². The van der Waals surface area contributed by atoms with Crippen molar-refractivity contribution in [3.05, 3.63) is 60.8 Å². The number of rotatable bonds is 1. The van der Waals surface area contributed by atoms with Gasteiger partial charge in [0.2, 0.25) is 0 Å². The van der Waals surface area contributed by atoms with Crippen molar-refractivity contribution in [2.45, 2.75) is 12.8 Å². The van der Waals surface area contributed by atoms with E-state index in [9.17, 15) is 0 Å². The quantitative estimate of drug-likeness (QED) is 0.585. The summed E-state index contributed by atoms with van der Waals surface area (Å²) in [6, 6.07) is 0. The van der Waals surface area contributed by atoms with Crippen LogP contribution in [0.25, 0.3) is 0 Å². The maximum Gasteiger partial charge on any atom is 0 e. The molecule has 2 rings (SSSR count). The molecular formula is C12H14Fe. The predicted molar refractivity (Wildman–Crippen MR) is 54.9 cm³/mol. The van der Waals surface area contributed by atoms with Crippen LogP contribution in [0.3, 0.4) is 0 Å². The van der Waals surface area contributed by atoms with E-state index in [1.54, 1.807) is 0 Å². The fourth-order valence-corrected chi connectivity index (χ4v) is 1.02. The van der Waals surface area contributed by atoms with E-state index >= 15 is 0 Å². The van der Waals surface area contributed by atoms with Crippen molar-refractivity contribution in [2.24, 2.45) is 0 Å². The minimum Gasteiger partial charge on any atom is -0.0985 e. The van der Waals surface area contributed by atoms with Crippen molar-refractivity contribution in [1.29, 1.82) is 0 Å². The largest absolute Gasteiger partial charge is 0.0985 e. The molecule has 0 saturated heterocycles. The number of hydrogen-bond donors (Lipinski definition) is 0. The Balaban J connectivity index is 0.000000215. The van der Waals surface area contributed by atoms with Gasteiger partial charge in [0, 0.05) is 17.1 Å². The van der Waals surface area contributed by atoms with E-state index in [1.807, 2.05) is 6.08 Å². The molecule has 0 atom stereocenters. The Kier molecular flexibility index (Phi) is 7.38. The van der Waals surface area contributed by atoms with Gasteiger partial charge in [0.15, 0.2) is 0 Å². The van der Waals surface area contributed by atoms with Crippen molar-refractivity contribution in [3.63, 3.8) is 0 Å². The maximum absolute atomic E-state index is 3.62. The van der Waals surface area contributed by atoms with Crippen LogP contribution in [0, 0.1) is 0 Å². The molecule has 0 radical (unpaired) electrons. The van der Waals surface area contributed by atoms with Crippen molar-refractivity contribution in [2.75, 3.05) is 0 Å². The van der Waals surface area contributed by atoms with Crippen LogP contribution >= 0.6 is 0 Å². The number of allylic oxidation sites excluding steroid dienone is 9. The molecule has 0 aromatic rings. The van der Waals surface area contributed by atoms with Gasteiger partial charge < -0.3 is 0 Å². The van der Waals surface area contributed by atoms with Crippen LogP contribution in [0.5, 0.6) is 0 Å². The molecule has 0 aromatic heterocycles. The Hall–Kier alpha value is -0.781. The van der Waals surface area contributed by atoms with Gasteiger partial charge in [0.05, 0.1) is 0 Å². The molecule has 0 saturated carbocycles. The van der Waals surface area contributed by atoms with E-state index < -0.39 is 0 Å². The molecule has 0 heterocycles. The van der Waals surface area contributed by atoms with Crippen LogP contribution in [-0.4, -0.2) is 0 Å². The van der Waals surface area contributed by atoms with Crippen LogP contribution < -0.4 is 0 Å². The Morgan fingerprint density at radius 1 is 1.08 bits per heavy atom. The average molecular weight is 214 g/mol. The minimum absolute atomic E-state index is 0. The molecular weight excluding hydrogens is 200 g/mol. The summed E-state index contributed by atoms with van der Waals surface area (Å²) in [4.78, 5) is 0. The van der Waals surface area contributed by atoms with E-state index in [0.29, 0.717) is 0 Å². The van der Waals surface area contributed by atoms with Gasteiger partial charge >= 0.3 is 0 Å². The Bertz CT molecular complexity index is 244. The first-order chi connectivity index (χ1) is 5.93. The van der Waals surface area contributed by atoms with Crippen LogP contribution in [0.15, 0.2) is 60.8 Å².